The van der Waals surface area contributed by atoms with Crippen LogP contribution < -0.4 is 0 Å². The SMILES string of the molecule is CN1CC=C(c2cc(F)cc(F)c2)c2cc(F)c(-c3cccnn3)cc2C1. The van der Waals surface area contributed by atoms with Gasteiger partial charge in [0.15, 0.2) is 0 Å². The van der Waals surface area contributed by atoms with E-state index in [1.165, 1.54) is 24.4 Å². The van der Waals surface area contributed by atoms with E-state index in [1.807, 2.05) is 18.0 Å². The van der Waals surface area contributed by atoms with Crippen LogP contribution in [-0.4, -0.2) is 28.7 Å². The Morgan fingerprint density at radius 1 is 0.963 bits per heavy atom. The number of nitrogens with zero attached hydrogens (tertiary/aromatic N) is 3. The van der Waals surface area contributed by atoms with Gasteiger partial charge in [-0.2, -0.15) is 10.2 Å². The molecule has 0 N–H and O–H groups in total. The summed E-state index contributed by atoms with van der Waals surface area (Å²) in [5.41, 5.74) is 3.25. The Morgan fingerprint density at radius 3 is 2.44 bits per heavy atom. The largest absolute Gasteiger partial charge is 0.298 e. The lowest BCUT2D eigenvalue weighted by molar-refractivity contribution is 0.365. The predicted octanol–water partition coefficient (Wildman–Crippen LogP) is 4.44. The second kappa shape index (κ2) is 6.96. The summed E-state index contributed by atoms with van der Waals surface area (Å²) in [5, 5.41) is 7.79. The molecular formula is C21H16F3N3. The zero-order valence-electron chi connectivity index (χ0n) is 14.6. The summed E-state index contributed by atoms with van der Waals surface area (Å²) in [6.45, 7) is 1.14. The van der Waals surface area contributed by atoms with E-state index in [0.29, 0.717) is 41.0 Å². The lowest BCUT2D eigenvalue weighted by Crippen LogP contribution is -2.16. The van der Waals surface area contributed by atoms with Crippen molar-refractivity contribution in [3.05, 3.63) is 88.9 Å². The molecule has 3 aromatic rings. The Balaban J connectivity index is 1.89. The van der Waals surface area contributed by atoms with Gasteiger partial charge in [0.1, 0.15) is 17.5 Å². The van der Waals surface area contributed by atoms with Crippen LogP contribution in [0.15, 0.2) is 54.7 Å². The van der Waals surface area contributed by atoms with Crippen molar-refractivity contribution in [1.29, 1.82) is 0 Å². The molecule has 0 fully saturated rings. The van der Waals surface area contributed by atoms with Crippen molar-refractivity contribution in [3.8, 4) is 11.3 Å². The molecule has 0 aliphatic carbocycles. The summed E-state index contributed by atoms with van der Waals surface area (Å²) in [7, 11) is 1.93. The fourth-order valence-electron chi connectivity index (χ4n) is 3.34. The molecule has 1 aliphatic heterocycles. The minimum Gasteiger partial charge on any atom is -0.298 e. The van der Waals surface area contributed by atoms with E-state index >= 15 is 0 Å². The number of rotatable bonds is 2. The van der Waals surface area contributed by atoms with E-state index in [9.17, 15) is 13.2 Å². The van der Waals surface area contributed by atoms with Crippen molar-refractivity contribution in [2.45, 2.75) is 6.54 Å². The van der Waals surface area contributed by atoms with Gasteiger partial charge in [0, 0.05) is 30.9 Å². The number of likely N-dealkylation sites (N-methyl/N-ethyl adjacent to an activating group) is 1. The van der Waals surface area contributed by atoms with Crippen LogP contribution in [0.2, 0.25) is 0 Å². The standard InChI is InChI=1S/C21H16F3N3/c1-27-6-4-17(13-7-15(22)10-16(23)8-13)18-11-20(24)19(9-14(18)12-27)21-3-2-5-25-26-21/h2-5,7-11H,6,12H2,1H3. The van der Waals surface area contributed by atoms with Gasteiger partial charge < -0.3 is 0 Å². The molecule has 2 aromatic carbocycles. The molecule has 0 atom stereocenters. The van der Waals surface area contributed by atoms with E-state index in [2.05, 4.69) is 10.2 Å². The number of benzene rings is 2. The van der Waals surface area contributed by atoms with Gasteiger partial charge in [-0.1, -0.05) is 6.08 Å². The van der Waals surface area contributed by atoms with E-state index in [0.717, 1.165) is 11.6 Å². The number of hydrogen-bond acceptors (Lipinski definition) is 3. The Hall–Kier alpha value is -2.99. The number of halogens is 3. The highest BCUT2D eigenvalue weighted by atomic mass is 19.1. The first-order valence-electron chi connectivity index (χ1n) is 8.47. The minimum atomic E-state index is -0.665. The van der Waals surface area contributed by atoms with Crippen molar-refractivity contribution >= 4 is 5.57 Å². The van der Waals surface area contributed by atoms with Gasteiger partial charge in [-0.25, -0.2) is 13.2 Å². The van der Waals surface area contributed by atoms with E-state index < -0.39 is 17.5 Å². The normalized spacial score (nSPS) is 14.4. The Kier molecular flexibility index (Phi) is 4.49. The summed E-state index contributed by atoms with van der Waals surface area (Å²) in [6.07, 6.45) is 3.39. The number of fused-ring (bicyclic) bond motifs is 1. The molecule has 4 rings (SSSR count). The molecule has 0 radical (unpaired) electrons. The second-order valence-electron chi connectivity index (χ2n) is 6.57. The topological polar surface area (TPSA) is 29.0 Å². The third-order valence-corrected chi connectivity index (χ3v) is 4.55. The van der Waals surface area contributed by atoms with Crippen LogP contribution in [0.1, 0.15) is 16.7 Å². The molecule has 0 saturated heterocycles. The van der Waals surface area contributed by atoms with Crippen LogP contribution in [0.3, 0.4) is 0 Å². The van der Waals surface area contributed by atoms with Crippen molar-refractivity contribution in [2.75, 3.05) is 13.6 Å². The van der Waals surface area contributed by atoms with Crippen LogP contribution >= 0.6 is 0 Å². The highest BCUT2D eigenvalue weighted by molar-refractivity contribution is 5.83. The van der Waals surface area contributed by atoms with Gasteiger partial charge in [-0.05, 0) is 65.7 Å². The molecule has 6 heteroatoms. The minimum absolute atomic E-state index is 0.349. The molecule has 27 heavy (non-hydrogen) atoms. The first-order chi connectivity index (χ1) is 13.0. The lowest BCUT2D eigenvalue weighted by Gasteiger charge is -2.16. The maximum absolute atomic E-state index is 14.9. The molecule has 0 saturated carbocycles. The third kappa shape index (κ3) is 3.48. The molecule has 136 valence electrons. The summed E-state index contributed by atoms with van der Waals surface area (Å²) >= 11 is 0. The zero-order chi connectivity index (χ0) is 19.0. The molecule has 0 bridgehead atoms. The zero-order valence-corrected chi connectivity index (χ0v) is 14.6. The van der Waals surface area contributed by atoms with E-state index in [-0.39, 0.29) is 0 Å². The fraction of sp³-hybridized carbons (Fsp3) is 0.143. The highest BCUT2D eigenvalue weighted by Gasteiger charge is 2.20. The van der Waals surface area contributed by atoms with Crippen molar-refractivity contribution in [2.24, 2.45) is 0 Å². The van der Waals surface area contributed by atoms with Crippen LogP contribution in [0.4, 0.5) is 13.2 Å². The van der Waals surface area contributed by atoms with Gasteiger partial charge in [0.2, 0.25) is 0 Å². The molecule has 1 aromatic heterocycles. The van der Waals surface area contributed by atoms with Gasteiger partial charge in [0.05, 0.1) is 5.69 Å². The van der Waals surface area contributed by atoms with Crippen molar-refractivity contribution in [3.63, 3.8) is 0 Å². The first-order valence-corrected chi connectivity index (χ1v) is 8.47. The lowest BCUT2D eigenvalue weighted by atomic mass is 9.92. The van der Waals surface area contributed by atoms with Crippen LogP contribution in [0.25, 0.3) is 16.8 Å². The number of aromatic nitrogens is 2. The summed E-state index contributed by atoms with van der Waals surface area (Å²) < 4.78 is 42.4. The average molecular weight is 367 g/mol. The highest BCUT2D eigenvalue weighted by Crippen LogP contribution is 2.34. The predicted molar refractivity (Wildman–Crippen MR) is 97.2 cm³/mol. The third-order valence-electron chi connectivity index (χ3n) is 4.55. The smallest absolute Gasteiger partial charge is 0.133 e. The number of hydrogen-bond donors (Lipinski definition) is 0. The van der Waals surface area contributed by atoms with E-state index in [1.54, 1.807) is 18.2 Å². The maximum Gasteiger partial charge on any atom is 0.133 e. The molecular weight excluding hydrogens is 351 g/mol. The van der Waals surface area contributed by atoms with Crippen molar-refractivity contribution in [1.82, 2.24) is 15.1 Å². The van der Waals surface area contributed by atoms with Gasteiger partial charge in [-0.3, -0.25) is 4.90 Å². The Bertz CT molecular complexity index is 1010. The van der Waals surface area contributed by atoms with Gasteiger partial charge in [-0.15, -0.1) is 0 Å². The molecule has 0 unspecified atom stereocenters. The molecule has 1 aliphatic rings. The molecule has 3 nitrogen and oxygen atoms in total. The molecule has 0 spiro atoms. The van der Waals surface area contributed by atoms with Crippen LogP contribution in [0, 0.1) is 17.5 Å². The van der Waals surface area contributed by atoms with Crippen molar-refractivity contribution < 1.29 is 13.2 Å². The Morgan fingerprint density at radius 2 is 1.74 bits per heavy atom. The van der Waals surface area contributed by atoms with E-state index in [4.69, 9.17) is 0 Å². The average Bonchev–Trinajstić information content (AvgIpc) is 2.79. The summed E-state index contributed by atoms with van der Waals surface area (Å²) in [4.78, 5) is 2.04. The Labute approximate surface area is 154 Å². The first kappa shape index (κ1) is 17.4. The fourth-order valence-corrected chi connectivity index (χ4v) is 3.34. The van der Waals surface area contributed by atoms with Gasteiger partial charge in [0.25, 0.3) is 0 Å². The quantitative estimate of drug-likeness (QED) is 0.671. The van der Waals surface area contributed by atoms with Gasteiger partial charge >= 0.3 is 0 Å². The molecule has 0 amide bonds. The molecule has 2 heterocycles. The second-order valence-corrected chi connectivity index (χ2v) is 6.57. The summed E-state index contributed by atoms with van der Waals surface area (Å²) in [5.74, 6) is -1.79. The summed E-state index contributed by atoms with van der Waals surface area (Å²) in [6, 6.07) is 9.88. The van der Waals surface area contributed by atoms with Crippen LogP contribution in [-0.2, 0) is 6.54 Å². The monoisotopic (exact) mass is 367 g/mol. The maximum atomic E-state index is 14.9. The van der Waals surface area contributed by atoms with Crippen LogP contribution in [0.5, 0.6) is 0 Å².